The minimum atomic E-state index is -0.855. The average Bonchev–Trinajstić information content (AvgIpc) is 3.20. The van der Waals surface area contributed by atoms with E-state index in [9.17, 15) is 13.9 Å². The van der Waals surface area contributed by atoms with Crippen LogP contribution in [0.4, 0.5) is 19.0 Å². The molecule has 176 valence electrons. The van der Waals surface area contributed by atoms with Gasteiger partial charge in [-0.3, -0.25) is 0 Å². The van der Waals surface area contributed by atoms with Crippen LogP contribution in [0.3, 0.4) is 0 Å². The van der Waals surface area contributed by atoms with Gasteiger partial charge in [-0.05, 0) is 47.2 Å². The van der Waals surface area contributed by atoms with E-state index in [2.05, 4.69) is 46.0 Å². The number of nitrogen functional groups attached to an aromatic ring is 1. The van der Waals surface area contributed by atoms with Crippen molar-refractivity contribution in [2.24, 2.45) is 0 Å². The van der Waals surface area contributed by atoms with Crippen molar-refractivity contribution in [3.8, 4) is 0 Å². The van der Waals surface area contributed by atoms with Gasteiger partial charge < -0.3 is 21.5 Å². The van der Waals surface area contributed by atoms with Crippen molar-refractivity contribution in [1.82, 2.24) is 15.5 Å². The molecule has 0 amide bonds. The maximum absolute atomic E-state index is 13.7. The average molecular weight is 492 g/mol. The van der Waals surface area contributed by atoms with Crippen molar-refractivity contribution in [3.05, 3.63) is 70.3 Å². The zero-order chi connectivity index (χ0) is 23.4. The predicted octanol–water partition coefficient (Wildman–Crippen LogP) is 3.92. The molecule has 0 saturated carbocycles. The van der Waals surface area contributed by atoms with E-state index in [1.54, 1.807) is 0 Å². The topological polar surface area (TPSA) is 96.1 Å². The first-order chi connectivity index (χ1) is 15.9. The molecule has 0 aliphatic carbocycles. The zero-order valence-electron chi connectivity index (χ0n) is 18.2. The number of halogens is 2. The molecule has 10 heteroatoms. The number of fused-ring (bicyclic) bond motifs is 1. The number of aromatic nitrogens is 2. The van der Waals surface area contributed by atoms with E-state index in [1.807, 2.05) is 11.8 Å². The Hall–Kier alpha value is -2.27. The monoisotopic (exact) mass is 491 g/mol. The number of aliphatic hydroxyl groups is 1. The first-order valence-electron chi connectivity index (χ1n) is 10.8. The fraction of sp³-hybridized carbons (Fsp3) is 0.391. The Kier molecular flexibility index (Phi) is 7.79. The Morgan fingerprint density at radius 2 is 1.94 bits per heavy atom. The minimum absolute atomic E-state index is 0.115. The number of nitrogens with zero attached hydrogens (tertiary/aromatic N) is 2. The molecule has 6 nitrogen and oxygen atoms in total. The molecule has 0 fully saturated rings. The highest BCUT2D eigenvalue weighted by Gasteiger charge is 2.25. The Morgan fingerprint density at radius 1 is 1.15 bits per heavy atom. The van der Waals surface area contributed by atoms with Gasteiger partial charge in [-0.15, -0.1) is 10.2 Å². The summed E-state index contributed by atoms with van der Waals surface area (Å²) >= 11 is 3.01. The van der Waals surface area contributed by atoms with Crippen LogP contribution in [-0.4, -0.2) is 39.7 Å². The lowest BCUT2D eigenvalue weighted by Gasteiger charge is -2.30. The number of aliphatic hydroxyl groups excluding tert-OH is 1. The van der Waals surface area contributed by atoms with E-state index in [4.69, 9.17) is 5.73 Å². The van der Waals surface area contributed by atoms with E-state index < -0.39 is 23.8 Å². The molecule has 0 bridgehead atoms. The summed E-state index contributed by atoms with van der Waals surface area (Å²) in [4.78, 5) is 0. The molecular weight excluding hydrogens is 464 g/mol. The molecule has 3 aromatic rings. The van der Waals surface area contributed by atoms with Crippen LogP contribution >= 0.6 is 23.1 Å². The van der Waals surface area contributed by atoms with Gasteiger partial charge in [0.15, 0.2) is 0 Å². The molecule has 1 aliphatic heterocycles. The van der Waals surface area contributed by atoms with Gasteiger partial charge >= 0.3 is 0 Å². The highest BCUT2D eigenvalue weighted by Crippen LogP contribution is 2.32. The number of thioether (sulfide) groups is 1. The standard InChI is InChI=1S/C23H27F2N5OS2/c1-2-13-3-4-15-11-32-12-20(18(15)7-13)27-10-21(31)19(28-23-30-29-22(26)33-23)8-14-5-16(24)9-17(25)6-14/h3-7,9,19-21,27,31H,2,8,10-12H2,1H3,(H2,26,29)(H,28,30). The van der Waals surface area contributed by atoms with Gasteiger partial charge in [0, 0.05) is 30.2 Å². The second-order valence-electron chi connectivity index (χ2n) is 8.11. The van der Waals surface area contributed by atoms with Crippen LogP contribution in [0.1, 0.15) is 35.2 Å². The maximum atomic E-state index is 13.7. The fourth-order valence-electron chi connectivity index (χ4n) is 3.99. The molecule has 3 unspecified atom stereocenters. The van der Waals surface area contributed by atoms with Crippen molar-refractivity contribution in [1.29, 1.82) is 0 Å². The Bertz CT molecular complexity index is 1080. The first kappa shape index (κ1) is 23.9. The summed E-state index contributed by atoms with van der Waals surface area (Å²) in [5.74, 6) is 0.583. The van der Waals surface area contributed by atoms with Gasteiger partial charge in [-0.25, -0.2) is 8.78 Å². The lowest BCUT2D eigenvalue weighted by atomic mass is 9.97. The van der Waals surface area contributed by atoms with E-state index in [0.717, 1.165) is 35.3 Å². The molecular formula is C23H27F2N5OS2. The lowest BCUT2D eigenvalue weighted by Crippen LogP contribution is -2.44. The van der Waals surface area contributed by atoms with E-state index in [1.165, 1.54) is 28.8 Å². The van der Waals surface area contributed by atoms with Gasteiger partial charge in [0.25, 0.3) is 0 Å². The molecule has 0 saturated heterocycles. The smallest absolute Gasteiger partial charge is 0.207 e. The number of hydrogen-bond donors (Lipinski definition) is 4. The number of aryl methyl sites for hydroxylation is 1. The molecule has 0 radical (unpaired) electrons. The summed E-state index contributed by atoms with van der Waals surface area (Å²) in [5.41, 5.74) is 9.98. The van der Waals surface area contributed by atoms with Crippen molar-refractivity contribution < 1.29 is 13.9 Å². The van der Waals surface area contributed by atoms with E-state index >= 15 is 0 Å². The summed E-state index contributed by atoms with van der Waals surface area (Å²) in [6.45, 7) is 2.43. The third-order valence-electron chi connectivity index (χ3n) is 5.70. The number of nitrogens with two attached hydrogens (primary N) is 1. The van der Waals surface area contributed by atoms with Crippen LogP contribution in [-0.2, 0) is 18.6 Å². The minimum Gasteiger partial charge on any atom is -0.390 e. The third kappa shape index (κ3) is 6.20. The number of nitrogens with one attached hydrogen (secondary N) is 2. The van der Waals surface area contributed by atoms with Crippen LogP contribution in [0.25, 0.3) is 0 Å². The molecule has 5 N–H and O–H groups in total. The van der Waals surface area contributed by atoms with Crippen molar-refractivity contribution in [2.75, 3.05) is 23.3 Å². The lowest BCUT2D eigenvalue weighted by molar-refractivity contribution is 0.146. The number of benzene rings is 2. The summed E-state index contributed by atoms with van der Waals surface area (Å²) in [7, 11) is 0. The SMILES string of the molecule is CCc1ccc2c(c1)C(NCC(O)C(Cc1cc(F)cc(F)c1)Nc1nnc(N)s1)CSC2. The van der Waals surface area contributed by atoms with Crippen LogP contribution < -0.4 is 16.4 Å². The number of anilines is 2. The maximum Gasteiger partial charge on any atom is 0.207 e. The fourth-order valence-corrected chi connectivity index (χ4v) is 5.69. The largest absolute Gasteiger partial charge is 0.390 e. The highest BCUT2D eigenvalue weighted by atomic mass is 32.2. The molecule has 3 atom stereocenters. The van der Waals surface area contributed by atoms with Gasteiger partial charge in [0.2, 0.25) is 10.3 Å². The summed E-state index contributed by atoms with van der Waals surface area (Å²) in [6, 6.07) is 9.54. The number of hydrogen-bond acceptors (Lipinski definition) is 8. The molecule has 0 spiro atoms. The molecule has 33 heavy (non-hydrogen) atoms. The van der Waals surface area contributed by atoms with Crippen LogP contribution in [0, 0.1) is 11.6 Å². The Balaban J connectivity index is 1.49. The molecule has 1 aliphatic rings. The third-order valence-corrected chi connectivity index (χ3v) is 7.47. The van der Waals surface area contributed by atoms with E-state index in [0.29, 0.717) is 22.4 Å². The molecule has 1 aromatic heterocycles. The molecule has 2 aromatic carbocycles. The predicted molar refractivity (Wildman–Crippen MR) is 131 cm³/mol. The molecule has 2 heterocycles. The van der Waals surface area contributed by atoms with Crippen LogP contribution in [0.5, 0.6) is 0 Å². The van der Waals surface area contributed by atoms with Crippen molar-refractivity contribution in [3.63, 3.8) is 0 Å². The first-order valence-corrected chi connectivity index (χ1v) is 12.8. The van der Waals surface area contributed by atoms with Gasteiger partial charge in [-0.1, -0.05) is 36.5 Å². The second kappa shape index (κ2) is 10.8. The summed E-state index contributed by atoms with van der Waals surface area (Å²) in [6.07, 6.45) is 0.315. The van der Waals surface area contributed by atoms with Crippen LogP contribution in [0.2, 0.25) is 0 Å². The van der Waals surface area contributed by atoms with Crippen molar-refractivity contribution >= 4 is 33.4 Å². The molecule has 4 rings (SSSR count). The Morgan fingerprint density at radius 3 is 2.64 bits per heavy atom. The zero-order valence-corrected chi connectivity index (χ0v) is 19.9. The summed E-state index contributed by atoms with van der Waals surface area (Å²) < 4.78 is 27.5. The van der Waals surface area contributed by atoms with Crippen LogP contribution in [0.15, 0.2) is 36.4 Å². The second-order valence-corrected chi connectivity index (χ2v) is 10.1. The van der Waals surface area contributed by atoms with E-state index in [-0.39, 0.29) is 12.5 Å². The quantitative estimate of drug-likeness (QED) is 0.360. The van der Waals surface area contributed by atoms with Gasteiger partial charge in [-0.2, -0.15) is 11.8 Å². The van der Waals surface area contributed by atoms with Gasteiger partial charge in [0.05, 0.1) is 12.1 Å². The number of rotatable bonds is 9. The highest BCUT2D eigenvalue weighted by molar-refractivity contribution is 7.98. The normalized spacial score (nSPS) is 17.4. The Labute approximate surface area is 200 Å². The van der Waals surface area contributed by atoms with Crippen molar-refractivity contribution in [2.45, 2.75) is 43.7 Å². The van der Waals surface area contributed by atoms with Gasteiger partial charge in [0.1, 0.15) is 11.6 Å². The summed E-state index contributed by atoms with van der Waals surface area (Å²) in [5, 5.41) is 26.2.